The standard InChI is InChI=1S/C19H14ClN3/c20-17-11-10-16-19(22-17)23-18(21-16)15-8-6-14(7-9-15)12-13-4-2-1-3-5-13/h1-11H,12H2,(H,21,22,23). The molecule has 0 saturated carbocycles. The van der Waals surface area contributed by atoms with Gasteiger partial charge in [-0.15, -0.1) is 0 Å². The quantitative estimate of drug-likeness (QED) is 0.547. The first-order valence-corrected chi connectivity index (χ1v) is 7.81. The van der Waals surface area contributed by atoms with Crippen LogP contribution in [0.15, 0.2) is 66.7 Å². The summed E-state index contributed by atoms with van der Waals surface area (Å²) in [5.41, 5.74) is 5.15. The van der Waals surface area contributed by atoms with E-state index in [1.54, 1.807) is 6.07 Å². The Kier molecular flexibility index (Phi) is 3.56. The number of imidazole rings is 1. The van der Waals surface area contributed by atoms with Crippen molar-refractivity contribution < 1.29 is 0 Å². The van der Waals surface area contributed by atoms with Crippen molar-refractivity contribution in [2.75, 3.05) is 0 Å². The zero-order chi connectivity index (χ0) is 15.6. The van der Waals surface area contributed by atoms with Crippen LogP contribution in [0.2, 0.25) is 5.15 Å². The molecule has 0 aliphatic heterocycles. The molecule has 2 heterocycles. The fourth-order valence-corrected chi connectivity index (χ4v) is 2.76. The van der Waals surface area contributed by atoms with Crippen molar-refractivity contribution in [1.29, 1.82) is 0 Å². The Bertz CT molecular complexity index is 943. The summed E-state index contributed by atoms with van der Waals surface area (Å²) in [6, 6.07) is 22.5. The Labute approximate surface area is 139 Å². The number of benzene rings is 2. The largest absolute Gasteiger partial charge is 0.337 e. The van der Waals surface area contributed by atoms with Crippen LogP contribution in [0.1, 0.15) is 11.1 Å². The molecule has 0 atom stereocenters. The summed E-state index contributed by atoms with van der Waals surface area (Å²) in [5.74, 6) is 0.807. The number of H-pyrrole nitrogens is 1. The highest BCUT2D eigenvalue weighted by Gasteiger charge is 2.07. The lowest BCUT2D eigenvalue weighted by Crippen LogP contribution is -1.88. The van der Waals surface area contributed by atoms with Crippen LogP contribution < -0.4 is 0 Å². The minimum Gasteiger partial charge on any atom is -0.337 e. The van der Waals surface area contributed by atoms with Crippen LogP contribution in [0.25, 0.3) is 22.6 Å². The van der Waals surface area contributed by atoms with Gasteiger partial charge < -0.3 is 4.98 Å². The first-order chi connectivity index (χ1) is 11.3. The van der Waals surface area contributed by atoms with Crippen LogP contribution in [-0.4, -0.2) is 15.0 Å². The van der Waals surface area contributed by atoms with Crippen LogP contribution in [0.3, 0.4) is 0 Å². The van der Waals surface area contributed by atoms with Gasteiger partial charge in [-0.25, -0.2) is 9.97 Å². The first-order valence-electron chi connectivity index (χ1n) is 7.43. The van der Waals surface area contributed by atoms with Crippen molar-refractivity contribution >= 4 is 22.8 Å². The number of hydrogen-bond acceptors (Lipinski definition) is 2. The van der Waals surface area contributed by atoms with Crippen LogP contribution in [0.4, 0.5) is 0 Å². The molecule has 0 radical (unpaired) electrons. The van der Waals surface area contributed by atoms with E-state index < -0.39 is 0 Å². The van der Waals surface area contributed by atoms with Gasteiger partial charge in [-0.2, -0.15) is 0 Å². The molecule has 2 aromatic heterocycles. The van der Waals surface area contributed by atoms with E-state index in [0.717, 1.165) is 23.3 Å². The summed E-state index contributed by atoms with van der Waals surface area (Å²) >= 11 is 5.91. The van der Waals surface area contributed by atoms with Crippen LogP contribution in [0.5, 0.6) is 0 Å². The maximum atomic E-state index is 5.91. The highest BCUT2D eigenvalue weighted by molar-refractivity contribution is 6.29. The van der Waals surface area contributed by atoms with Crippen LogP contribution >= 0.6 is 11.6 Å². The fraction of sp³-hybridized carbons (Fsp3) is 0.0526. The van der Waals surface area contributed by atoms with Gasteiger partial charge in [0.25, 0.3) is 0 Å². The van der Waals surface area contributed by atoms with Crippen molar-refractivity contribution in [1.82, 2.24) is 15.0 Å². The predicted octanol–water partition coefficient (Wildman–Crippen LogP) is 4.87. The number of fused-ring (bicyclic) bond motifs is 1. The lowest BCUT2D eigenvalue weighted by Gasteiger charge is -2.03. The summed E-state index contributed by atoms with van der Waals surface area (Å²) in [6.07, 6.45) is 0.929. The Morgan fingerprint density at radius 2 is 1.52 bits per heavy atom. The molecule has 0 aliphatic carbocycles. The molecular formula is C19H14ClN3. The maximum Gasteiger partial charge on any atom is 0.179 e. The number of halogens is 1. The van der Waals surface area contributed by atoms with Gasteiger partial charge in [0.1, 0.15) is 11.0 Å². The average Bonchev–Trinajstić information content (AvgIpc) is 2.99. The highest BCUT2D eigenvalue weighted by atomic mass is 35.5. The monoisotopic (exact) mass is 319 g/mol. The van der Waals surface area contributed by atoms with Crippen molar-refractivity contribution in [2.45, 2.75) is 6.42 Å². The molecular weight excluding hydrogens is 306 g/mol. The third-order valence-electron chi connectivity index (χ3n) is 3.79. The molecule has 0 amide bonds. The van der Waals surface area contributed by atoms with E-state index in [-0.39, 0.29) is 0 Å². The number of aromatic nitrogens is 3. The molecule has 112 valence electrons. The summed E-state index contributed by atoms with van der Waals surface area (Å²) in [7, 11) is 0. The summed E-state index contributed by atoms with van der Waals surface area (Å²) in [4.78, 5) is 12.0. The third kappa shape index (κ3) is 2.96. The molecule has 3 nitrogen and oxygen atoms in total. The molecule has 0 unspecified atom stereocenters. The maximum absolute atomic E-state index is 5.91. The second-order valence-electron chi connectivity index (χ2n) is 5.45. The fourth-order valence-electron chi connectivity index (χ4n) is 2.62. The van der Waals surface area contributed by atoms with E-state index in [1.807, 2.05) is 12.1 Å². The molecule has 4 heteroatoms. The Balaban J connectivity index is 1.61. The smallest absolute Gasteiger partial charge is 0.179 e. The van der Waals surface area contributed by atoms with E-state index in [1.165, 1.54) is 11.1 Å². The first kappa shape index (κ1) is 14.0. The molecule has 4 aromatic rings. The summed E-state index contributed by atoms with van der Waals surface area (Å²) in [5, 5.41) is 0.453. The van der Waals surface area contributed by atoms with E-state index in [9.17, 15) is 0 Å². The van der Waals surface area contributed by atoms with Gasteiger partial charge >= 0.3 is 0 Å². The SMILES string of the molecule is Clc1ccc2[nH]c(-c3ccc(Cc4ccccc4)cc3)nc2n1. The van der Waals surface area contributed by atoms with Crippen LogP contribution in [-0.2, 0) is 6.42 Å². The van der Waals surface area contributed by atoms with Crippen molar-refractivity contribution in [3.05, 3.63) is 83.0 Å². The number of pyridine rings is 1. The second-order valence-corrected chi connectivity index (χ2v) is 5.84. The van der Waals surface area contributed by atoms with Crippen molar-refractivity contribution in [3.63, 3.8) is 0 Å². The molecule has 0 aliphatic rings. The van der Waals surface area contributed by atoms with E-state index in [4.69, 9.17) is 11.6 Å². The topological polar surface area (TPSA) is 41.6 Å². The van der Waals surface area contributed by atoms with Gasteiger partial charge in [0, 0.05) is 5.56 Å². The zero-order valence-electron chi connectivity index (χ0n) is 12.3. The Hall–Kier alpha value is -2.65. The molecule has 2 aromatic carbocycles. The summed E-state index contributed by atoms with van der Waals surface area (Å²) in [6.45, 7) is 0. The zero-order valence-corrected chi connectivity index (χ0v) is 13.1. The molecule has 0 saturated heterocycles. The molecule has 0 fully saturated rings. The Morgan fingerprint density at radius 3 is 2.30 bits per heavy atom. The van der Waals surface area contributed by atoms with Crippen molar-refractivity contribution in [2.24, 2.45) is 0 Å². The number of aromatic amines is 1. The van der Waals surface area contributed by atoms with Gasteiger partial charge in [-0.3, -0.25) is 0 Å². The molecule has 0 bridgehead atoms. The number of hydrogen-bond donors (Lipinski definition) is 1. The molecule has 1 N–H and O–H groups in total. The van der Waals surface area contributed by atoms with Crippen LogP contribution in [0, 0.1) is 0 Å². The average molecular weight is 320 g/mol. The van der Waals surface area contributed by atoms with Gasteiger partial charge in [-0.1, -0.05) is 66.2 Å². The van der Waals surface area contributed by atoms with Gasteiger partial charge in [0.2, 0.25) is 0 Å². The molecule has 4 rings (SSSR count). The number of rotatable bonds is 3. The van der Waals surface area contributed by atoms with Gasteiger partial charge in [0.15, 0.2) is 5.65 Å². The normalized spacial score (nSPS) is 11.0. The van der Waals surface area contributed by atoms with E-state index in [0.29, 0.717) is 10.8 Å². The molecule has 23 heavy (non-hydrogen) atoms. The minimum atomic E-state index is 0.453. The summed E-state index contributed by atoms with van der Waals surface area (Å²) < 4.78 is 0. The molecule has 0 spiro atoms. The minimum absolute atomic E-state index is 0.453. The third-order valence-corrected chi connectivity index (χ3v) is 4.00. The van der Waals surface area contributed by atoms with E-state index in [2.05, 4.69) is 63.5 Å². The number of nitrogens with zero attached hydrogens (tertiary/aromatic N) is 2. The lowest BCUT2D eigenvalue weighted by atomic mass is 10.0. The predicted molar refractivity (Wildman–Crippen MR) is 93.6 cm³/mol. The highest BCUT2D eigenvalue weighted by Crippen LogP contribution is 2.21. The Morgan fingerprint density at radius 1 is 0.783 bits per heavy atom. The second kappa shape index (κ2) is 5.86. The van der Waals surface area contributed by atoms with E-state index >= 15 is 0 Å². The number of nitrogens with one attached hydrogen (secondary N) is 1. The van der Waals surface area contributed by atoms with Gasteiger partial charge in [-0.05, 0) is 29.7 Å². The van der Waals surface area contributed by atoms with Crippen molar-refractivity contribution in [3.8, 4) is 11.4 Å². The lowest BCUT2D eigenvalue weighted by molar-refractivity contribution is 1.19. The van der Waals surface area contributed by atoms with Gasteiger partial charge in [0.05, 0.1) is 5.52 Å².